The van der Waals surface area contributed by atoms with E-state index in [1.54, 1.807) is 25.6 Å². The van der Waals surface area contributed by atoms with E-state index < -0.39 is 0 Å². The Kier molecular flexibility index (Phi) is 6.60. The number of hydrogen-bond donors (Lipinski definition) is 2. The highest BCUT2D eigenvalue weighted by molar-refractivity contribution is 7.15. The molecule has 0 atom stereocenters. The van der Waals surface area contributed by atoms with Crippen LogP contribution in [0.1, 0.15) is 16.1 Å². The topological polar surface area (TPSA) is 90.1 Å². The molecule has 0 radical (unpaired) electrons. The number of ether oxygens (including phenoxy) is 1. The van der Waals surface area contributed by atoms with E-state index in [0.29, 0.717) is 29.4 Å². The maximum atomic E-state index is 12.3. The molecule has 0 aliphatic carbocycles. The molecular weight excluding hydrogens is 372 g/mol. The lowest BCUT2D eigenvalue weighted by molar-refractivity contribution is -0.115. The molecular formula is C21H20N4O2S. The van der Waals surface area contributed by atoms with Gasteiger partial charge in [-0.15, -0.1) is 11.3 Å². The first-order valence-corrected chi connectivity index (χ1v) is 9.48. The fraction of sp³-hybridized carbons (Fsp3) is 0.190. The third-order valence-corrected chi connectivity index (χ3v) is 4.78. The highest BCUT2D eigenvalue weighted by Crippen LogP contribution is 2.21. The number of thiazole rings is 1. The molecule has 6 nitrogen and oxygen atoms in total. The molecule has 28 heavy (non-hydrogen) atoms. The van der Waals surface area contributed by atoms with Crippen LogP contribution in [-0.4, -0.2) is 23.0 Å². The number of nitrogens with two attached hydrogens (primary N) is 1. The van der Waals surface area contributed by atoms with Crippen LogP contribution in [0.25, 0.3) is 0 Å². The molecule has 0 spiro atoms. The van der Waals surface area contributed by atoms with Crippen LogP contribution in [0.2, 0.25) is 0 Å². The molecule has 0 unspecified atom stereocenters. The van der Waals surface area contributed by atoms with E-state index in [1.807, 2.05) is 30.3 Å². The van der Waals surface area contributed by atoms with Gasteiger partial charge in [-0.2, -0.15) is 0 Å². The molecule has 1 amide bonds. The summed E-state index contributed by atoms with van der Waals surface area (Å²) >= 11 is 1.42. The predicted octanol–water partition coefficient (Wildman–Crippen LogP) is 3.10. The fourth-order valence-corrected chi connectivity index (χ4v) is 3.27. The fourth-order valence-electron chi connectivity index (χ4n) is 2.50. The van der Waals surface area contributed by atoms with E-state index in [1.165, 1.54) is 11.3 Å². The number of rotatable bonds is 6. The van der Waals surface area contributed by atoms with Gasteiger partial charge < -0.3 is 15.8 Å². The van der Waals surface area contributed by atoms with Crippen LogP contribution in [0, 0.1) is 11.8 Å². The van der Waals surface area contributed by atoms with Crippen molar-refractivity contribution in [1.82, 2.24) is 9.97 Å². The van der Waals surface area contributed by atoms with Gasteiger partial charge in [0.1, 0.15) is 21.6 Å². The van der Waals surface area contributed by atoms with Crippen molar-refractivity contribution in [3.8, 4) is 17.6 Å². The minimum Gasteiger partial charge on any atom is -0.496 e. The highest BCUT2D eigenvalue weighted by atomic mass is 32.1. The summed E-state index contributed by atoms with van der Waals surface area (Å²) in [5.41, 5.74) is 7.42. The number of anilines is 2. The van der Waals surface area contributed by atoms with Crippen molar-refractivity contribution in [3.05, 3.63) is 64.9 Å². The summed E-state index contributed by atoms with van der Waals surface area (Å²) in [6.45, 7) is 0. The standard InChI is InChI=1S/C21H20N4O2S/c1-27-17-8-4-3-7-16(17)12-19(26)25-21-14-24-20(28-21)9-5-2-6-15-10-11-18(22)23-13-15/h3-4,7-8,10-11,13-14H,6,9,12H2,1H3,(H2,22,23)(H,25,26). The zero-order valence-corrected chi connectivity index (χ0v) is 16.3. The van der Waals surface area contributed by atoms with Gasteiger partial charge in [-0.05, 0) is 17.7 Å². The average molecular weight is 392 g/mol. The molecule has 0 aliphatic heterocycles. The number of carbonyl (C=O) groups is 1. The number of nitrogen functional groups attached to an aromatic ring is 1. The third kappa shape index (κ3) is 5.56. The lowest BCUT2D eigenvalue weighted by atomic mass is 10.1. The Morgan fingerprint density at radius 1 is 1.14 bits per heavy atom. The Morgan fingerprint density at radius 3 is 2.75 bits per heavy atom. The summed E-state index contributed by atoms with van der Waals surface area (Å²) in [5, 5.41) is 4.44. The molecule has 2 heterocycles. The van der Waals surface area contributed by atoms with Gasteiger partial charge in [0.05, 0.1) is 26.1 Å². The number of hydrogen-bond acceptors (Lipinski definition) is 6. The summed E-state index contributed by atoms with van der Waals surface area (Å²) in [4.78, 5) is 20.6. The zero-order valence-electron chi connectivity index (χ0n) is 15.4. The van der Waals surface area contributed by atoms with E-state index in [-0.39, 0.29) is 12.3 Å². The van der Waals surface area contributed by atoms with Crippen molar-refractivity contribution in [3.63, 3.8) is 0 Å². The number of benzene rings is 1. The Hall–Kier alpha value is -3.37. The minimum absolute atomic E-state index is 0.110. The van der Waals surface area contributed by atoms with Gasteiger partial charge in [-0.25, -0.2) is 9.97 Å². The van der Waals surface area contributed by atoms with Crippen molar-refractivity contribution in [1.29, 1.82) is 0 Å². The molecule has 7 heteroatoms. The number of aromatic nitrogens is 2. The van der Waals surface area contributed by atoms with E-state index >= 15 is 0 Å². The van der Waals surface area contributed by atoms with Crippen molar-refractivity contribution >= 4 is 28.1 Å². The summed E-state index contributed by atoms with van der Waals surface area (Å²) in [6.07, 6.45) is 4.78. The molecule has 0 fully saturated rings. The van der Waals surface area contributed by atoms with Crippen LogP contribution in [0.15, 0.2) is 48.8 Å². The van der Waals surface area contributed by atoms with Gasteiger partial charge in [0.25, 0.3) is 0 Å². The predicted molar refractivity (Wildman–Crippen MR) is 111 cm³/mol. The second-order valence-electron chi connectivity index (χ2n) is 5.95. The molecule has 0 bridgehead atoms. The largest absolute Gasteiger partial charge is 0.496 e. The number of nitrogens with one attached hydrogen (secondary N) is 1. The minimum atomic E-state index is -0.110. The quantitative estimate of drug-likeness (QED) is 0.629. The van der Waals surface area contributed by atoms with Crippen LogP contribution in [0.4, 0.5) is 10.8 Å². The normalized spacial score (nSPS) is 10.0. The molecule has 0 aliphatic rings. The van der Waals surface area contributed by atoms with Crippen molar-refractivity contribution in [2.24, 2.45) is 0 Å². The number of amides is 1. The molecule has 0 saturated carbocycles. The Morgan fingerprint density at radius 2 is 1.96 bits per heavy atom. The molecule has 0 saturated heterocycles. The van der Waals surface area contributed by atoms with Crippen LogP contribution in [-0.2, 0) is 24.1 Å². The van der Waals surface area contributed by atoms with Crippen molar-refractivity contribution in [2.45, 2.75) is 19.3 Å². The first-order chi connectivity index (χ1) is 13.6. The summed E-state index contributed by atoms with van der Waals surface area (Å²) in [7, 11) is 1.59. The lowest BCUT2D eigenvalue weighted by Crippen LogP contribution is -2.14. The Labute approximate surface area is 167 Å². The van der Waals surface area contributed by atoms with Crippen LogP contribution in [0.3, 0.4) is 0 Å². The first-order valence-electron chi connectivity index (χ1n) is 8.66. The van der Waals surface area contributed by atoms with E-state index in [4.69, 9.17) is 10.5 Å². The van der Waals surface area contributed by atoms with Gasteiger partial charge in [0.15, 0.2) is 0 Å². The van der Waals surface area contributed by atoms with Crippen LogP contribution < -0.4 is 15.8 Å². The van der Waals surface area contributed by atoms with Gasteiger partial charge in [0, 0.05) is 18.2 Å². The summed E-state index contributed by atoms with van der Waals surface area (Å²) in [5.74, 6) is 7.29. The highest BCUT2D eigenvalue weighted by Gasteiger charge is 2.10. The van der Waals surface area contributed by atoms with Crippen LogP contribution in [0.5, 0.6) is 5.75 Å². The molecule has 3 N–H and O–H groups in total. The average Bonchev–Trinajstić information content (AvgIpc) is 3.14. The number of para-hydroxylation sites is 1. The van der Waals surface area contributed by atoms with Gasteiger partial charge in [-0.1, -0.05) is 36.1 Å². The van der Waals surface area contributed by atoms with Crippen molar-refractivity contribution < 1.29 is 9.53 Å². The lowest BCUT2D eigenvalue weighted by Gasteiger charge is -2.07. The number of nitrogens with zero attached hydrogens (tertiary/aromatic N) is 2. The second-order valence-corrected chi connectivity index (χ2v) is 7.07. The maximum Gasteiger partial charge on any atom is 0.229 e. The van der Waals surface area contributed by atoms with E-state index in [9.17, 15) is 4.79 Å². The molecule has 3 rings (SSSR count). The molecule has 3 aromatic rings. The monoisotopic (exact) mass is 392 g/mol. The molecule has 2 aromatic heterocycles. The van der Waals surface area contributed by atoms with Gasteiger partial charge >= 0.3 is 0 Å². The smallest absolute Gasteiger partial charge is 0.229 e. The van der Waals surface area contributed by atoms with E-state index in [2.05, 4.69) is 27.1 Å². The molecule has 142 valence electrons. The number of carbonyl (C=O) groups excluding carboxylic acids is 1. The summed E-state index contributed by atoms with van der Waals surface area (Å²) < 4.78 is 5.28. The second kappa shape index (κ2) is 9.53. The third-order valence-electron chi connectivity index (χ3n) is 3.86. The van der Waals surface area contributed by atoms with Crippen LogP contribution >= 0.6 is 11.3 Å². The van der Waals surface area contributed by atoms with E-state index in [0.717, 1.165) is 16.1 Å². The van der Waals surface area contributed by atoms with Crippen molar-refractivity contribution in [2.75, 3.05) is 18.2 Å². The SMILES string of the molecule is COc1ccccc1CC(=O)Nc1cnc(CC#CCc2ccc(N)nc2)s1. The summed E-state index contributed by atoms with van der Waals surface area (Å²) in [6, 6.07) is 11.2. The first kappa shape index (κ1) is 19.4. The maximum absolute atomic E-state index is 12.3. The number of pyridine rings is 1. The zero-order chi connectivity index (χ0) is 19.8. The Balaban J connectivity index is 1.50. The Bertz CT molecular complexity index is 1000. The van der Waals surface area contributed by atoms with Gasteiger partial charge in [0.2, 0.25) is 5.91 Å². The van der Waals surface area contributed by atoms with Gasteiger partial charge in [-0.3, -0.25) is 4.79 Å². The molecule has 1 aromatic carbocycles. The number of methoxy groups -OCH3 is 1.